The molecular weight excluding hydrogens is 1170 g/mol. The van der Waals surface area contributed by atoms with Crippen molar-refractivity contribution in [1.82, 2.24) is 42.5 Å². The van der Waals surface area contributed by atoms with E-state index in [0.29, 0.717) is 11.1 Å². The Morgan fingerprint density at radius 1 is 0.411 bits per heavy atom. The van der Waals surface area contributed by atoms with Gasteiger partial charge in [-0.1, -0.05) is 86.6 Å². The molecule has 3 aromatic rings. The van der Waals surface area contributed by atoms with Crippen LogP contribution in [-0.2, 0) is 67.2 Å². The zero-order valence-corrected chi connectivity index (χ0v) is 50.8. The van der Waals surface area contributed by atoms with Gasteiger partial charge in [-0.05, 0) is 99.5 Å². The minimum Gasteiger partial charge on any atom is -0.508 e. The smallest absolute Gasteiger partial charge is 0.326 e. The lowest BCUT2D eigenvalue weighted by molar-refractivity contribution is -0.142. The summed E-state index contributed by atoms with van der Waals surface area (Å²) in [5, 5.41) is 50.3. The van der Waals surface area contributed by atoms with Gasteiger partial charge >= 0.3 is 11.9 Å². The van der Waals surface area contributed by atoms with Gasteiger partial charge in [-0.15, -0.1) is 0 Å². The molecule has 0 aliphatic heterocycles. The molecule has 492 valence electrons. The van der Waals surface area contributed by atoms with Crippen LogP contribution in [-0.4, -0.2) is 166 Å². The van der Waals surface area contributed by atoms with Crippen molar-refractivity contribution < 1.29 is 63.3 Å². The number of carbonyl (C=O) groups is 10. The third-order valence-electron chi connectivity index (χ3n) is 13.6. The molecule has 3 aromatic carbocycles. The molecule has 9 atom stereocenters. The number of rotatable bonds is 40. The molecule has 0 aliphatic carbocycles. The average Bonchev–Trinajstić information content (AvgIpc) is 1.69. The Kier molecular flexibility index (Phi) is 32.1. The van der Waals surface area contributed by atoms with E-state index in [1.54, 1.807) is 74.5 Å². The highest BCUT2D eigenvalue weighted by molar-refractivity contribution is 5.98. The highest BCUT2D eigenvalue weighted by Gasteiger charge is 2.35. The number of hydrogen-bond acceptors (Lipinski definition) is 15. The molecule has 0 saturated carbocycles. The summed E-state index contributed by atoms with van der Waals surface area (Å²) in [5.41, 5.74) is 41.3. The molecule has 9 unspecified atom stereocenters. The highest BCUT2D eigenvalue weighted by atomic mass is 16.4. The van der Waals surface area contributed by atoms with E-state index >= 15 is 0 Å². The lowest BCUT2D eigenvalue weighted by Crippen LogP contribution is -2.60. The van der Waals surface area contributed by atoms with Crippen molar-refractivity contribution in [2.24, 2.45) is 61.0 Å². The Labute approximate surface area is 521 Å². The van der Waals surface area contributed by atoms with Crippen molar-refractivity contribution in [3.8, 4) is 5.75 Å². The van der Waals surface area contributed by atoms with Crippen LogP contribution in [0.5, 0.6) is 5.75 Å². The van der Waals surface area contributed by atoms with Gasteiger partial charge < -0.3 is 98.0 Å². The van der Waals surface area contributed by atoms with Gasteiger partial charge in [0, 0.05) is 38.9 Å². The molecule has 0 aliphatic rings. The molecule has 31 nitrogen and oxygen atoms in total. The molecule has 0 aromatic heterocycles. The molecule has 90 heavy (non-hydrogen) atoms. The van der Waals surface area contributed by atoms with Crippen LogP contribution in [0.4, 0.5) is 0 Å². The van der Waals surface area contributed by atoms with Gasteiger partial charge in [-0.25, -0.2) is 4.79 Å². The number of nitrogens with two attached hydrogens (primary N) is 7. The highest BCUT2D eigenvalue weighted by Crippen LogP contribution is 2.15. The van der Waals surface area contributed by atoms with Crippen molar-refractivity contribution in [2.75, 3.05) is 19.6 Å². The number of carboxylic acids is 2. The van der Waals surface area contributed by atoms with Gasteiger partial charge in [0.25, 0.3) is 0 Å². The van der Waals surface area contributed by atoms with E-state index in [1.807, 2.05) is 0 Å². The maximum Gasteiger partial charge on any atom is 0.326 e. The van der Waals surface area contributed by atoms with Crippen molar-refractivity contribution in [1.29, 1.82) is 0 Å². The predicted octanol–water partition coefficient (Wildman–Crippen LogP) is -3.20. The maximum absolute atomic E-state index is 14.8. The second-order valence-electron chi connectivity index (χ2n) is 21.8. The van der Waals surface area contributed by atoms with Crippen LogP contribution < -0.4 is 82.7 Å². The Morgan fingerprint density at radius 3 is 1.18 bits per heavy atom. The zero-order chi connectivity index (χ0) is 66.9. The van der Waals surface area contributed by atoms with Gasteiger partial charge in [0.1, 0.15) is 54.1 Å². The number of benzene rings is 3. The molecule has 8 amide bonds. The molecule has 0 heterocycles. The number of nitrogens with zero attached hydrogens (tertiary/aromatic N) is 3. The Hall–Kier alpha value is -10.1. The van der Waals surface area contributed by atoms with E-state index in [2.05, 4.69) is 57.5 Å². The summed E-state index contributed by atoms with van der Waals surface area (Å²) in [4.78, 5) is 149. The first-order chi connectivity index (χ1) is 42.6. The van der Waals surface area contributed by atoms with E-state index in [4.69, 9.17) is 40.1 Å². The van der Waals surface area contributed by atoms with Crippen LogP contribution >= 0.6 is 0 Å². The fourth-order valence-electron chi connectivity index (χ4n) is 8.96. The molecule has 31 heteroatoms. The number of phenols is 1. The summed E-state index contributed by atoms with van der Waals surface area (Å²) < 4.78 is 0. The number of phenolic OH excluding ortho intramolecular Hbond substituents is 1. The third-order valence-corrected chi connectivity index (χ3v) is 13.6. The van der Waals surface area contributed by atoms with Crippen LogP contribution in [0.25, 0.3) is 0 Å². The van der Waals surface area contributed by atoms with Gasteiger partial charge in [-0.3, -0.25) is 58.1 Å². The Balaban J connectivity index is 2.01. The predicted molar refractivity (Wildman–Crippen MR) is 335 cm³/mol. The number of carboxylic acid groups (broad SMARTS) is 2. The van der Waals surface area contributed by atoms with Crippen molar-refractivity contribution >= 4 is 77.1 Å². The molecule has 25 N–H and O–H groups in total. The quantitative estimate of drug-likeness (QED) is 0.0151. The monoisotopic (exact) mass is 1260 g/mol. The second kappa shape index (κ2) is 39.0. The summed E-state index contributed by atoms with van der Waals surface area (Å²) in [5.74, 6) is -11.0. The topological polar surface area (TPSA) is 547 Å². The number of guanidine groups is 3. The average molecular weight is 1260 g/mol. The van der Waals surface area contributed by atoms with E-state index in [9.17, 15) is 63.3 Å². The van der Waals surface area contributed by atoms with E-state index < -0.39 is 120 Å². The van der Waals surface area contributed by atoms with E-state index in [1.165, 1.54) is 31.2 Å². The van der Waals surface area contributed by atoms with Gasteiger partial charge in [0.2, 0.25) is 47.3 Å². The first kappa shape index (κ1) is 74.2. The second-order valence-corrected chi connectivity index (χ2v) is 21.8. The molecule has 0 radical (unpaired) electrons. The lowest BCUT2D eigenvalue weighted by atomic mass is 10.00. The number of carbonyl (C=O) groups excluding carboxylic acids is 8. The molecule has 0 saturated heterocycles. The summed E-state index contributed by atoms with van der Waals surface area (Å²) >= 11 is 0. The standard InChI is InChI=1S/C59H88N18O13/c1-33(2)29-44(75-53(86)43(24-25-47(79)80)71-49(82)39(60)30-35-13-6-4-7-14-35)54(87)73-42(19-12-28-69-59(65)66)52(85)76-45(31-37-20-22-38(78)23-21-37)55(88)74-41(18-11-27-68-58(63)64)51(84)72-40(17-10-26-67-57(61)62)50(83)70-34(3)48(81)77-46(56(89)90)32-36-15-8-5-9-16-36/h4-9,13-16,20-23,33-34,39-46,78H,10-12,17-19,24-32,60H2,1-3H3,(H,70,83)(H,71,82)(H,72,84)(H,73,87)(H,74,88)(H,75,86)(H,76,85)(H,77,81)(H,79,80)(H,89,90)(H4,61,62,67)(H4,63,64,68)(H4,65,66,69). The van der Waals surface area contributed by atoms with Crippen LogP contribution in [0.3, 0.4) is 0 Å². The third kappa shape index (κ3) is 29.1. The Bertz CT molecular complexity index is 2940. The molecule has 0 fully saturated rings. The molecule has 0 bridgehead atoms. The van der Waals surface area contributed by atoms with Crippen LogP contribution in [0.2, 0.25) is 0 Å². The Morgan fingerprint density at radius 2 is 0.756 bits per heavy atom. The molecular formula is C59H88N18O13. The number of aromatic hydroxyl groups is 1. The summed E-state index contributed by atoms with van der Waals surface area (Å²) in [6.07, 6.45) is -1.49. The first-order valence-electron chi connectivity index (χ1n) is 29.3. The summed E-state index contributed by atoms with van der Waals surface area (Å²) in [7, 11) is 0. The fraction of sp³-hybridized carbons (Fsp3) is 0.475. The number of hydrogen-bond donors (Lipinski definition) is 18. The molecule has 0 spiro atoms. The zero-order valence-electron chi connectivity index (χ0n) is 50.8. The fourth-order valence-corrected chi connectivity index (χ4v) is 8.96. The van der Waals surface area contributed by atoms with Crippen molar-refractivity contribution in [2.45, 2.75) is 152 Å². The maximum atomic E-state index is 14.8. The van der Waals surface area contributed by atoms with Crippen LogP contribution in [0, 0.1) is 5.92 Å². The number of aliphatic imine (C=N–C) groups is 3. The SMILES string of the molecule is CC(C)CC(NC(=O)C(CCC(=O)O)NC(=O)C(N)Cc1ccccc1)C(=O)NC(CCCN=C(N)N)C(=O)NC(Cc1ccc(O)cc1)C(=O)NC(CCCN=C(N)N)C(=O)NC(CCCN=C(N)N)C(=O)NC(C)C(=O)NC(Cc1ccccc1)C(=O)O. The first-order valence-corrected chi connectivity index (χ1v) is 29.3. The largest absolute Gasteiger partial charge is 0.508 e. The van der Waals surface area contributed by atoms with Crippen LogP contribution in [0.1, 0.15) is 95.2 Å². The number of aliphatic carboxylic acids is 2. The van der Waals surface area contributed by atoms with Crippen LogP contribution in [0.15, 0.2) is 99.9 Å². The van der Waals surface area contributed by atoms with E-state index in [0.717, 1.165) is 5.56 Å². The van der Waals surface area contributed by atoms with Gasteiger partial charge in [-0.2, -0.15) is 0 Å². The summed E-state index contributed by atoms with van der Waals surface area (Å²) in [6.45, 7) is 4.74. The lowest BCUT2D eigenvalue weighted by Gasteiger charge is -2.28. The van der Waals surface area contributed by atoms with Gasteiger partial charge in [0.05, 0.1) is 6.04 Å². The number of nitrogens with one attached hydrogen (secondary N) is 8. The normalized spacial score (nSPS) is 13.9. The minimum absolute atomic E-state index is 0.00191. The van der Waals surface area contributed by atoms with Crippen molar-refractivity contribution in [3.05, 3.63) is 102 Å². The van der Waals surface area contributed by atoms with E-state index in [-0.39, 0.29) is 120 Å². The summed E-state index contributed by atoms with van der Waals surface area (Å²) in [6, 6.07) is 10.2. The van der Waals surface area contributed by atoms with Crippen molar-refractivity contribution in [3.63, 3.8) is 0 Å². The molecule has 3 rings (SSSR count). The number of amides is 8. The minimum atomic E-state index is -1.57. The van der Waals surface area contributed by atoms with Gasteiger partial charge in [0.15, 0.2) is 17.9 Å².